The minimum absolute atomic E-state index is 0.191. The van der Waals surface area contributed by atoms with Crippen LogP contribution in [0.3, 0.4) is 0 Å². The van der Waals surface area contributed by atoms with E-state index in [1.165, 1.54) is 0 Å². The second-order valence-corrected chi connectivity index (χ2v) is 6.03. The molecule has 1 N–H and O–H groups in total. The Morgan fingerprint density at radius 3 is 2.17 bits per heavy atom. The van der Waals surface area contributed by atoms with Crippen molar-refractivity contribution in [3.05, 3.63) is 59.1 Å². The zero-order valence-electron chi connectivity index (χ0n) is 13.4. The molecule has 122 valence electrons. The van der Waals surface area contributed by atoms with Gasteiger partial charge in [0.15, 0.2) is 5.60 Å². The van der Waals surface area contributed by atoms with Gasteiger partial charge in [0.2, 0.25) is 0 Å². The van der Waals surface area contributed by atoms with Crippen molar-refractivity contribution in [2.75, 3.05) is 7.11 Å². The summed E-state index contributed by atoms with van der Waals surface area (Å²) < 4.78 is 10.9. The molecule has 2 rings (SSSR count). The number of hydrogen-bond acceptors (Lipinski definition) is 3. The maximum Gasteiger partial charge on any atom is 0.263 e. The quantitative estimate of drug-likeness (QED) is 0.874. The summed E-state index contributed by atoms with van der Waals surface area (Å²) in [5, 5.41) is 3.50. The van der Waals surface area contributed by atoms with Gasteiger partial charge in [-0.15, -0.1) is 0 Å². The van der Waals surface area contributed by atoms with Crippen molar-refractivity contribution in [1.29, 1.82) is 0 Å². The van der Waals surface area contributed by atoms with Crippen LogP contribution >= 0.6 is 11.6 Å². The van der Waals surface area contributed by atoms with Gasteiger partial charge in [-0.3, -0.25) is 4.79 Å². The molecule has 0 atom stereocenters. The lowest BCUT2D eigenvalue weighted by molar-refractivity contribution is -0.134. The van der Waals surface area contributed by atoms with Crippen LogP contribution < -0.4 is 14.8 Å². The third-order valence-electron chi connectivity index (χ3n) is 3.35. The zero-order valence-corrected chi connectivity index (χ0v) is 14.2. The Hall–Kier alpha value is -2.20. The van der Waals surface area contributed by atoms with E-state index in [0.29, 0.717) is 17.3 Å². The first kappa shape index (κ1) is 17.2. The van der Waals surface area contributed by atoms with Gasteiger partial charge in [0.25, 0.3) is 5.91 Å². The normalized spacial score (nSPS) is 11.0. The Kier molecular flexibility index (Phi) is 5.50. The number of carbonyl (C=O) groups is 1. The highest BCUT2D eigenvalue weighted by Gasteiger charge is 2.29. The number of nitrogens with one attached hydrogen (secondary N) is 1. The molecule has 2 aromatic rings. The molecule has 0 unspecified atom stereocenters. The average Bonchev–Trinajstić information content (AvgIpc) is 2.55. The van der Waals surface area contributed by atoms with Gasteiger partial charge in [-0.05, 0) is 55.8 Å². The summed E-state index contributed by atoms with van der Waals surface area (Å²) in [6.07, 6.45) is 0. The summed E-state index contributed by atoms with van der Waals surface area (Å²) in [5.41, 5.74) is 0.00163. The van der Waals surface area contributed by atoms with Crippen molar-refractivity contribution >= 4 is 17.5 Å². The van der Waals surface area contributed by atoms with Gasteiger partial charge in [0.1, 0.15) is 11.5 Å². The van der Waals surface area contributed by atoms with Crippen LogP contribution in [0.1, 0.15) is 19.4 Å². The maximum absolute atomic E-state index is 12.3. The molecule has 0 aliphatic carbocycles. The summed E-state index contributed by atoms with van der Waals surface area (Å²) in [4.78, 5) is 12.3. The Bertz CT molecular complexity index is 651. The molecular formula is C18H20ClNO3. The molecular weight excluding hydrogens is 314 g/mol. The predicted molar refractivity (Wildman–Crippen MR) is 91.0 cm³/mol. The number of methoxy groups -OCH3 is 1. The van der Waals surface area contributed by atoms with Crippen LogP contribution in [0.4, 0.5) is 0 Å². The monoisotopic (exact) mass is 333 g/mol. The number of rotatable bonds is 6. The fourth-order valence-electron chi connectivity index (χ4n) is 1.98. The molecule has 1 amide bonds. The van der Waals surface area contributed by atoms with E-state index in [-0.39, 0.29) is 5.91 Å². The Morgan fingerprint density at radius 2 is 1.61 bits per heavy atom. The second kappa shape index (κ2) is 7.38. The molecule has 5 heteroatoms. The molecule has 2 aromatic carbocycles. The molecule has 0 aliphatic rings. The molecule has 0 saturated carbocycles. The van der Waals surface area contributed by atoms with Crippen LogP contribution in [0.25, 0.3) is 0 Å². The van der Waals surface area contributed by atoms with E-state index in [4.69, 9.17) is 21.1 Å². The Morgan fingerprint density at radius 1 is 1.04 bits per heavy atom. The minimum atomic E-state index is -0.986. The first-order chi connectivity index (χ1) is 10.9. The van der Waals surface area contributed by atoms with Crippen molar-refractivity contribution in [1.82, 2.24) is 5.32 Å². The van der Waals surface area contributed by atoms with Crippen LogP contribution in [-0.2, 0) is 11.3 Å². The highest BCUT2D eigenvalue weighted by atomic mass is 35.5. The number of amides is 1. The van der Waals surface area contributed by atoms with Crippen molar-refractivity contribution in [2.45, 2.75) is 26.0 Å². The molecule has 0 saturated heterocycles. The fourth-order valence-corrected chi connectivity index (χ4v) is 2.11. The highest BCUT2D eigenvalue weighted by molar-refractivity contribution is 6.30. The fraction of sp³-hybridized carbons (Fsp3) is 0.278. The molecule has 0 aliphatic heterocycles. The number of benzene rings is 2. The minimum Gasteiger partial charge on any atom is -0.497 e. The van der Waals surface area contributed by atoms with Gasteiger partial charge in [-0.2, -0.15) is 0 Å². The molecule has 0 bridgehead atoms. The lowest BCUT2D eigenvalue weighted by Crippen LogP contribution is -2.46. The molecule has 4 nitrogen and oxygen atoms in total. The summed E-state index contributed by atoms with van der Waals surface area (Å²) >= 11 is 5.84. The molecule has 23 heavy (non-hydrogen) atoms. The van der Waals surface area contributed by atoms with E-state index in [0.717, 1.165) is 11.3 Å². The van der Waals surface area contributed by atoms with E-state index in [1.54, 1.807) is 45.2 Å². The van der Waals surface area contributed by atoms with E-state index in [9.17, 15) is 4.79 Å². The molecule has 0 radical (unpaired) electrons. The van der Waals surface area contributed by atoms with Gasteiger partial charge in [0, 0.05) is 11.6 Å². The topological polar surface area (TPSA) is 47.6 Å². The smallest absolute Gasteiger partial charge is 0.263 e. The summed E-state index contributed by atoms with van der Waals surface area (Å²) in [5.74, 6) is 1.19. The first-order valence-electron chi connectivity index (χ1n) is 7.26. The van der Waals surface area contributed by atoms with Crippen LogP contribution in [-0.4, -0.2) is 18.6 Å². The SMILES string of the molecule is COc1ccc(CNC(=O)C(C)(C)Oc2ccc(Cl)cc2)cc1. The summed E-state index contributed by atoms with van der Waals surface area (Å²) in [6.45, 7) is 3.88. The largest absolute Gasteiger partial charge is 0.497 e. The van der Waals surface area contributed by atoms with Gasteiger partial charge < -0.3 is 14.8 Å². The predicted octanol–water partition coefficient (Wildman–Crippen LogP) is 3.82. The van der Waals surface area contributed by atoms with Crippen molar-refractivity contribution in [3.63, 3.8) is 0 Å². The van der Waals surface area contributed by atoms with E-state index >= 15 is 0 Å². The standard InChI is InChI=1S/C18H20ClNO3/c1-18(2,23-16-10-6-14(19)7-11-16)17(21)20-12-13-4-8-15(22-3)9-5-13/h4-11H,12H2,1-3H3,(H,20,21). The van der Waals surface area contributed by atoms with Gasteiger partial charge in [-0.1, -0.05) is 23.7 Å². The van der Waals surface area contributed by atoms with E-state index < -0.39 is 5.60 Å². The summed E-state index contributed by atoms with van der Waals surface area (Å²) in [7, 11) is 1.62. The average molecular weight is 334 g/mol. The number of halogens is 1. The van der Waals surface area contributed by atoms with Crippen molar-refractivity contribution in [3.8, 4) is 11.5 Å². The number of hydrogen-bond donors (Lipinski definition) is 1. The lowest BCUT2D eigenvalue weighted by atomic mass is 10.1. The van der Waals surface area contributed by atoms with E-state index in [1.807, 2.05) is 24.3 Å². The van der Waals surface area contributed by atoms with E-state index in [2.05, 4.69) is 5.32 Å². The summed E-state index contributed by atoms with van der Waals surface area (Å²) in [6, 6.07) is 14.5. The molecule has 0 heterocycles. The van der Waals surface area contributed by atoms with Crippen LogP contribution in [0.5, 0.6) is 11.5 Å². The first-order valence-corrected chi connectivity index (χ1v) is 7.64. The Labute approximate surface area is 141 Å². The molecule has 0 aromatic heterocycles. The van der Waals surface area contributed by atoms with Crippen LogP contribution in [0.2, 0.25) is 5.02 Å². The zero-order chi connectivity index (χ0) is 16.9. The van der Waals surface area contributed by atoms with Crippen molar-refractivity contribution < 1.29 is 14.3 Å². The number of ether oxygens (including phenoxy) is 2. The van der Waals surface area contributed by atoms with Gasteiger partial charge in [0.05, 0.1) is 7.11 Å². The van der Waals surface area contributed by atoms with Crippen molar-refractivity contribution in [2.24, 2.45) is 0 Å². The maximum atomic E-state index is 12.3. The highest BCUT2D eigenvalue weighted by Crippen LogP contribution is 2.21. The molecule has 0 spiro atoms. The Balaban J connectivity index is 1.93. The third-order valence-corrected chi connectivity index (χ3v) is 3.60. The second-order valence-electron chi connectivity index (χ2n) is 5.60. The third kappa shape index (κ3) is 4.89. The van der Waals surface area contributed by atoms with Gasteiger partial charge in [-0.25, -0.2) is 0 Å². The van der Waals surface area contributed by atoms with Crippen LogP contribution in [0.15, 0.2) is 48.5 Å². The van der Waals surface area contributed by atoms with Crippen LogP contribution in [0, 0.1) is 0 Å². The number of carbonyl (C=O) groups excluding carboxylic acids is 1. The lowest BCUT2D eigenvalue weighted by Gasteiger charge is -2.25. The van der Waals surface area contributed by atoms with Gasteiger partial charge >= 0.3 is 0 Å². The molecule has 0 fully saturated rings.